The maximum absolute atomic E-state index is 13.9. The van der Waals surface area contributed by atoms with Crippen molar-refractivity contribution in [1.29, 1.82) is 0 Å². The standard InChI is InChI=1S/C29H21F3N2O4/c1-38-18-12-10-17(11-13-18)26(35)25-23-22(24-19-7-3-2-6-16(19)14-15-33(24)25)27(36)34(28(23)37)21-9-5-4-8-20(21)29(30,31)32/h2-15,22-25H,1H3/t22-,23-,24+,25-/m0/s1. The zero-order valence-corrected chi connectivity index (χ0v) is 20.1. The molecule has 6 rings (SSSR count). The minimum atomic E-state index is -4.78. The second-order valence-electron chi connectivity index (χ2n) is 9.45. The van der Waals surface area contributed by atoms with Crippen LogP contribution in [0.25, 0.3) is 6.08 Å². The zero-order valence-electron chi connectivity index (χ0n) is 20.1. The van der Waals surface area contributed by atoms with Gasteiger partial charge >= 0.3 is 6.18 Å². The smallest absolute Gasteiger partial charge is 0.418 e. The van der Waals surface area contributed by atoms with Crippen molar-refractivity contribution < 1.29 is 32.3 Å². The SMILES string of the molecule is COc1ccc(C(=O)[C@@H]2[C@H]3C(=O)N(c4ccccc4C(F)(F)F)C(=O)[C@@H]3[C@H]3c4ccccc4C=CN23)cc1. The van der Waals surface area contributed by atoms with Gasteiger partial charge in [0.05, 0.1) is 36.2 Å². The number of amides is 2. The average Bonchev–Trinajstić information content (AvgIpc) is 3.40. The van der Waals surface area contributed by atoms with Crippen molar-refractivity contribution >= 4 is 29.4 Å². The largest absolute Gasteiger partial charge is 0.497 e. The highest BCUT2D eigenvalue weighted by Gasteiger charge is 2.65. The molecule has 2 fully saturated rings. The predicted molar refractivity (Wildman–Crippen MR) is 132 cm³/mol. The number of halogens is 3. The minimum absolute atomic E-state index is 0.303. The highest BCUT2D eigenvalue weighted by atomic mass is 19.4. The first-order valence-corrected chi connectivity index (χ1v) is 12.0. The lowest BCUT2D eigenvalue weighted by molar-refractivity contribution is -0.137. The van der Waals surface area contributed by atoms with Gasteiger partial charge in [-0.05, 0) is 53.6 Å². The van der Waals surface area contributed by atoms with Crippen LogP contribution in [0.2, 0.25) is 0 Å². The number of hydrogen-bond acceptors (Lipinski definition) is 5. The van der Waals surface area contributed by atoms with E-state index in [1.807, 2.05) is 24.3 Å². The first kappa shape index (κ1) is 24.0. The normalized spacial score (nSPS) is 23.8. The van der Waals surface area contributed by atoms with Gasteiger partial charge in [0.25, 0.3) is 0 Å². The van der Waals surface area contributed by atoms with Crippen molar-refractivity contribution in [1.82, 2.24) is 4.90 Å². The summed E-state index contributed by atoms with van der Waals surface area (Å²) in [6, 6.07) is 16.4. The van der Waals surface area contributed by atoms with E-state index in [1.54, 1.807) is 41.4 Å². The number of carbonyl (C=O) groups excluding carboxylic acids is 3. The summed E-state index contributed by atoms with van der Waals surface area (Å²) in [5.41, 5.74) is 0.255. The molecule has 0 N–H and O–H groups in total. The summed E-state index contributed by atoms with van der Waals surface area (Å²) in [7, 11) is 1.50. The molecular weight excluding hydrogens is 497 g/mol. The van der Waals surface area contributed by atoms with E-state index in [9.17, 15) is 27.6 Å². The van der Waals surface area contributed by atoms with E-state index in [0.29, 0.717) is 16.2 Å². The van der Waals surface area contributed by atoms with Crippen molar-refractivity contribution in [2.24, 2.45) is 11.8 Å². The number of ketones is 1. The van der Waals surface area contributed by atoms with Gasteiger partial charge in [-0.25, -0.2) is 4.90 Å². The van der Waals surface area contributed by atoms with E-state index in [1.165, 1.54) is 19.2 Å². The van der Waals surface area contributed by atoms with Gasteiger partial charge in [-0.1, -0.05) is 36.4 Å². The van der Waals surface area contributed by atoms with Gasteiger partial charge in [0, 0.05) is 11.8 Å². The third kappa shape index (κ3) is 3.45. The number of para-hydroxylation sites is 1. The van der Waals surface area contributed by atoms with E-state index in [-0.39, 0.29) is 0 Å². The lowest BCUT2D eigenvalue weighted by Gasteiger charge is -2.35. The molecule has 6 nitrogen and oxygen atoms in total. The number of rotatable bonds is 4. The number of alkyl halides is 3. The van der Waals surface area contributed by atoms with E-state index in [4.69, 9.17) is 4.74 Å². The lowest BCUT2D eigenvalue weighted by Crippen LogP contribution is -2.44. The highest BCUT2D eigenvalue weighted by molar-refractivity contribution is 6.25. The fourth-order valence-corrected chi connectivity index (χ4v) is 5.93. The third-order valence-electron chi connectivity index (χ3n) is 7.56. The maximum atomic E-state index is 13.9. The first-order chi connectivity index (χ1) is 18.2. The van der Waals surface area contributed by atoms with Crippen molar-refractivity contribution in [2.75, 3.05) is 12.0 Å². The Balaban J connectivity index is 1.50. The Kier molecular flexibility index (Phi) is 5.41. The number of imide groups is 1. The summed E-state index contributed by atoms with van der Waals surface area (Å²) < 4.78 is 46.8. The molecule has 3 aliphatic heterocycles. The van der Waals surface area contributed by atoms with Gasteiger partial charge in [-0.15, -0.1) is 0 Å². The molecule has 3 aromatic carbocycles. The summed E-state index contributed by atoms with van der Waals surface area (Å²) in [5, 5.41) is 0. The average molecular weight is 518 g/mol. The van der Waals surface area contributed by atoms with Crippen LogP contribution in [0.15, 0.2) is 79.0 Å². The monoisotopic (exact) mass is 518 g/mol. The number of fused-ring (bicyclic) bond motifs is 5. The zero-order chi connectivity index (χ0) is 26.8. The number of benzene rings is 3. The van der Waals surface area contributed by atoms with Crippen molar-refractivity contribution in [3.63, 3.8) is 0 Å². The Hall–Kier alpha value is -4.40. The summed E-state index contributed by atoms with van der Waals surface area (Å²) in [6.45, 7) is 0. The Morgan fingerprint density at radius 3 is 2.24 bits per heavy atom. The minimum Gasteiger partial charge on any atom is -0.497 e. The molecule has 0 spiro atoms. The van der Waals surface area contributed by atoms with Crippen LogP contribution in [0.4, 0.5) is 18.9 Å². The molecule has 0 aliphatic carbocycles. The number of hydrogen-bond donors (Lipinski definition) is 0. The summed E-state index contributed by atoms with van der Waals surface area (Å²) in [4.78, 5) is 44.0. The number of ether oxygens (including phenoxy) is 1. The molecule has 0 radical (unpaired) electrons. The Morgan fingerprint density at radius 1 is 0.868 bits per heavy atom. The van der Waals surface area contributed by atoms with Crippen LogP contribution >= 0.6 is 0 Å². The fourth-order valence-electron chi connectivity index (χ4n) is 5.93. The van der Waals surface area contributed by atoms with Crippen LogP contribution in [0.1, 0.15) is 33.1 Å². The molecule has 3 heterocycles. The van der Waals surface area contributed by atoms with Crippen molar-refractivity contribution in [3.05, 3.63) is 101 Å². The molecule has 4 atom stereocenters. The fraction of sp³-hybridized carbons (Fsp3) is 0.207. The molecule has 9 heteroatoms. The van der Waals surface area contributed by atoms with Crippen LogP contribution < -0.4 is 9.64 Å². The molecule has 0 bridgehead atoms. The van der Waals surface area contributed by atoms with E-state index >= 15 is 0 Å². The van der Waals surface area contributed by atoms with Crippen LogP contribution in [-0.4, -0.2) is 35.6 Å². The van der Waals surface area contributed by atoms with Crippen molar-refractivity contribution in [2.45, 2.75) is 18.3 Å². The van der Waals surface area contributed by atoms with Gasteiger partial charge in [0.2, 0.25) is 11.8 Å². The van der Waals surface area contributed by atoms with E-state index < -0.39 is 58.9 Å². The third-order valence-corrected chi connectivity index (χ3v) is 7.56. The maximum Gasteiger partial charge on any atom is 0.418 e. The van der Waals surface area contributed by atoms with Gasteiger partial charge in [0.1, 0.15) is 11.8 Å². The number of nitrogens with zero attached hydrogens (tertiary/aromatic N) is 2. The highest BCUT2D eigenvalue weighted by Crippen LogP contribution is 2.54. The molecule has 2 amide bonds. The van der Waals surface area contributed by atoms with Crippen LogP contribution in [0.3, 0.4) is 0 Å². The van der Waals surface area contributed by atoms with Gasteiger partial charge in [-0.2, -0.15) is 13.2 Å². The van der Waals surface area contributed by atoms with Crippen LogP contribution in [0, 0.1) is 11.8 Å². The number of carbonyl (C=O) groups is 3. The topological polar surface area (TPSA) is 66.9 Å². The molecule has 2 saturated heterocycles. The van der Waals surface area contributed by atoms with Crippen molar-refractivity contribution in [3.8, 4) is 5.75 Å². The molecular formula is C29H21F3N2O4. The quantitative estimate of drug-likeness (QED) is 0.355. The molecule has 3 aliphatic rings. The summed E-state index contributed by atoms with van der Waals surface area (Å²) in [5.74, 6) is -3.63. The lowest BCUT2D eigenvalue weighted by atomic mass is 9.83. The number of Topliss-reactive ketones (excluding diaryl/α,β-unsaturated/α-hetero) is 1. The molecule has 0 unspecified atom stereocenters. The van der Waals surface area contributed by atoms with Gasteiger partial charge in [-0.3, -0.25) is 14.4 Å². The first-order valence-electron chi connectivity index (χ1n) is 12.0. The second-order valence-corrected chi connectivity index (χ2v) is 9.45. The number of methoxy groups -OCH3 is 1. The second kappa shape index (κ2) is 8.58. The predicted octanol–water partition coefficient (Wildman–Crippen LogP) is 5.11. The van der Waals surface area contributed by atoms with Gasteiger partial charge in [0.15, 0.2) is 5.78 Å². The molecule has 192 valence electrons. The molecule has 38 heavy (non-hydrogen) atoms. The Morgan fingerprint density at radius 2 is 1.53 bits per heavy atom. The van der Waals surface area contributed by atoms with E-state index in [0.717, 1.165) is 23.3 Å². The summed E-state index contributed by atoms with van der Waals surface area (Å²) >= 11 is 0. The van der Waals surface area contributed by atoms with E-state index in [2.05, 4.69) is 0 Å². The Bertz CT molecular complexity index is 1500. The van der Waals surface area contributed by atoms with Crippen LogP contribution in [-0.2, 0) is 15.8 Å². The van der Waals surface area contributed by atoms with Gasteiger partial charge < -0.3 is 9.64 Å². The molecule has 0 aromatic heterocycles. The summed E-state index contributed by atoms with van der Waals surface area (Å²) in [6.07, 6.45) is -1.27. The molecule has 3 aromatic rings. The van der Waals surface area contributed by atoms with Crippen LogP contribution in [0.5, 0.6) is 5.75 Å². The Labute approximate surface area is 215 Å². The number of anilines is 1. The molecule has 0 saturated carbocycles.